The van der Waals surface area contributed by atoms with Crippen LogP contribution in [0.4, 0.5) is 0 Å². The van der Waals surface area contributed by atoms with Gasteiger partial charge in [0.1, 0.15) is 0 Å². The van der Waals surface area contributed by atoms with Crippen molar-refractivity contribution >= 4 is 5.91 Å². The molecular weight excluding hydrogens is 252 g/mol. The third-order valence-electron chi connectivity index (χ3n) is 5.24. The van der Waals surface area contributed by atoms with Crippen LogP contribution >= 0.6 is 0 Å². The Bertz CT molecular complexity index is 328. The maximum atomic E-state index is 12.1. The molecule has 1 aliphatic carbocycles. The van der Waals surface area contributed by atoms with Crippen LogP contribution in [0, 0.1) is 0 Å². The summed E-state index contributed by atoms with van der Waals surface area (Å²) in [5.41, 5.74) is 0.318. The molecule has 1 spiro atoms. The molecule has 0 radical (unpaired) electrons. The quantitative estimate of drug-likeness (QED) is 0.832. The summed E-state index contributed by atoms with van der Waals surface area (Å²) in [6.45, 7) is 1.87. The largest absolute Gasteiger partial charge is 0.378 e. The van der Waals surface area contributed by atoms with Crippen LogP contribution in [0.5, 0.6) is 0 Å². The summed E-state index contributed by atoms with van der Waals surface area (Å²) in [6, 6.07) is 0.364. The van der Waals surface area contributed by atoms with Crippen molar-refractivity contribution in [2.75, 3.05) is 13.2 Å². The highest BCUT2D eigenvalue weighted by Crippen LogP contribution is 2.34. The van der Waals surface area contributed by atoms with Crippen LogP contribution in [0.15, 0.2) is 0 Å². The Labute approximate surface area is 122 Å². The minimum Gasteiger partial charge on any atom is -0.378 e. The monoisotopic (exact) mass is 280 g/mol. The third-order valence-corrected chi connectivity index (χ3v) is 5.24. The molecule has 4 nitrogen and oxygen atoms in total. The molecule has 3 rings (SSSR count). The third kappa shape index (κ3) is 3.53. The molecule has 20 heavy (non-hydrogen) atoms. The van der Waals surface area contributed by atoms with Gasteiger partial charge < -0.3 is 15.4 Å². The first kappa shape index (κ1) is 14.3. The van der Waals surface area contributed by atoms with Gasteiger partial charge in [0.25, 0.3) is 0 Å². The van der Waals surface area contributed by atoms with E-state index in [0.717, 1.165) is 38.8 Å². The summed E-state index contributed by atoms with van der Waals surface area (Å²) in [7, 11) is 0. The van der Waals surface area contributed by atoms with Gasteiger partial charge in [-0.25, -0.2) is 0 Å². The van der Waals surface area contributed by atoms with Crippen molar-refractivity contribution in [1.82, 2.24) is 10.6 Å². The number of hydrogen-bond acceptors (Lipinski definition) is 3. The fourth-order valence-electron chi connectivity index (χ4n) is 4.19. The zero-order chi connectivity index (χ0) is 13.8. The number of piperidine rings is 1. The molecule has 3 fully saturated rings. The average Bonchev–Trinajstić information content (AvgIpc) is 2.92. The van der Waals surface area contributed by atoms with Gasteiger partial charge in [0.2, 0.25) is 5.91 Å². The molecule has 0 aromatic carbocycles. The predicted octanol–water partition coefficient (Wildman–Crippen LogP) is 2.13. The van der Waals surface area contributed by atoms with Crippen LogP contribution in [0.3, 0.4) is 0 Å². The minimum atomic E-state index is 0.167. The fourth-order valence-corrected chi connectivity index (χ4v) is 4.19. The fraction of sp³-hybridized carbons (Fsp3) is 0.938. The molecule has 3 aliphatic rings. The summed E-state index contributed by atoms with van der Waals surface area (Å²) in [6.07, 6.45) is 11.7. The highest BCUT2D eigenvalue weighted by Gasteiger charge is 2.37. The molecule has 1 amide bonds. The predicted molar refractivity (Wildman–Crippen MR) is 78.6 cm³/mol. The molecule has 2 atom stereocenters. The second kappa shape index (κ2) is 6.44. The van der Waals surface area contributed by atoms with Gasteiger partial charge in [0, 0.05) is 18.2 Å². The van der Waals surface area contributed by atoms with Gasteiger partial charge >= 0.3 is 0 Å². The lowest BCUT2D eigenvalue weighted by Gasteiger charge is -2.44. The van der Waals surface area contributed by atoms with Gasteiger partial charge in [0.05, 0.1) is 12.5 Å². The van der Waals surface area contributed by atoms with E-state index < -0.39 is 0 Å². The Kier molecular flexibility index (Phi) is 4.61. The number of carbonyl (C=O) groups excluding carboxylic acids is 1. The van der Waals surface area contributed by atoms with E-state index >= 15 is 0 Å². The smallest absolute Gasteiger partial charge is 0.222 e. The van der Waals surface area contributed by atoms with Crippen molar-refractivity contribution in [2.24, 2.45) is 0 Å². The van der Waals surface area contributed by atoms with Crippen LogP contribution in [-0.2, 0) is 9.53 Å². The van der Waals surface area contributed by atoms with Crippen molar-refractivity contribution in [1.29, 1.82) is 0 Å². The van der Waals surface area contributed by atoms with Gasteiger partial charge in [-0.1, -0.05) is 19.3 Å². The van der Waals surface area contributed by atoms with Gasteiger partial charge in [-0.05, 0) is 45.1 Å². The lowest BCUT2D eigenvalue weighted by Crippen LogP contribution is -2.57. The van der Waals surface area contributed by atoms with Crippen molar-refractivity contribution in [3.8, 4) is 0 Å². The van der Waals surface area contributed by atoms with Crippen molar-refractivity contribution in [3.63, 3.8) is 0 Å². The molecule has 2 heterocycles. The number of carbonyl (C=O) groups is 1. The first-order valence-corrected chi connectivity index (χ1v) is 8.42. The Balaban J connectivity index is 1.48. The van der Waals surface area contributed by atoms with E-state index in [9.17, 15) is 4.79 Å². The normalized spacial score (nSPS) is 33.2. The highest BCUT2D eigenvalue weighted by atomic mass is 16.5. The van der Waals surface area contributed by atoms with E-state index in [-0.39, 0.29) is 12.0 Å². The number of amides is 1. The lowest BCUT2D eigenvalue weighted by molar-refractivity contribution is -0.124. The zero-order valence-electron chi connectivity index (χ0n) is 12.5. The van der Waals surface area contributed by atoms with E-state index in [1.54, 1.807) is 0 Å². The molecule has 2 unspecified atom stereocenters. The standard InChI is InChI=1S/C16H28N2O2/c19-15(11-14-5-4-10-20-14)18-13-6-9-17-16(12-13)7-2-1-3-8-16/h13-14,17H,1-12H2,(H,18,19). The molecule has 2 saturated heterocycles. The van der Waals surface area contributed by atoms with Crippen LogP contribution in [0.25, 0.3) is 0 Å². The molecule has 2 N–H and O–H groups in total. The van der Waals surface area contributed by atoms with Gasteiger partial charge in [-0.3, -0.25) is 4.79 Å². The Morgan fingerprint density at radius 1 is 1.20 bits per heavy atom. The zero-order valence-corrected chi connectivity index (χ0v) is 12.5. The van der Waals surface area contributed by atoms with Crippen LogP contribution in [0.2, 0.25) is 0 Å². The number of ether oxygens (including phenoxy) is 1. The summed E-state index contributed by atoms with van der Waals surface area (Å²) in [4.78, 5) is 12.1. The van der Waals surface area contributed by atoms with Crippen molar-refractivity contribution in [3.05, 3.63) is 0 Å². The summed E-state index contributed by atoms with van der Waals surface area (Å²) in [5, 5.41) is 6.99. The van der Waals surface area contributed by atoms with E-state index in [1.165, 1.54) is 32.1 Å². The average molecular weight is 280 g/mol. The van der Waals surface area contributed by atoms with E-state index in [4.69, 9.17) is 4.74 Å². The summed E-state index contributed by atoms with van der Waals surface area (Å²) >= 11 is 0. The highest BCUT2D eigenvalue weighted by molar-refractivity contribution is 5.76. The molecule has 2 aliphatic heterocycles. The molecule has 114 valence electrons. The molecule has 4 heteroatoms. The SMILES string of the molecule is O=C(CC1CCCO1)NC1CCNC2(CCCCC2)C1. The lowest BCUT2D eigenvalue weighted by atomic mass is 9.75. The topological polar surface area (TPSA) is 50.4 Å². The van der Waals surface area contributed by atoms with Crippen molar-refractivity contribution in [2.45, 2.75) is 81.9 Å². The molecule has 0 aromatic heterocycles. The molecule has 0 aromatic rings. The Morgan fingerprint density at radius 3 is 2.80 bits per heavy atom. The molecule has 1 saturated carbocycles. The summed E-state index contributed by atoms with van der Waals surface area (Å²) < 4.78 is 5.55. The first-order valence-electron chi connectivity index (χ1n) is 8.42. The number of hydrogen-bond donors (Lipinski definition) is 2. The summed E-state index contributed by atoms with van der Waals surface area (Å²) in [5.74, 6) is 0.190. The number of rotatable bonds is 3. The Hall–Kier alpha value is -0.610. The van der Waals surface area contributed by atoms with Crippen LogP contribution in [-0.4, -0.2) is 36.7 Å². The minimum absolute atomic E-state index is 0.167. The van der Waals surface area contributed by atoms with E-state index in [0.29, 0.717) is 18.0 Å². The van der Waals surface area contributed by atoms with Gasteiger partial charge in [0.15, 0.2) is 0 Å². The van der Waals surface area contributed by atoms with E-state index in [1.807, 2.05) is 0 Å². The molecular formula is C16H28N2O2. The van der Waals surface area contributed by atoms with Crippen LogP contribution < -0.4 is 10.6 Å². The maximum Gasteiger partial charge on any atom is 0.222 e. The Morgan fingerprint density at radius 2 is 2.05 bits per heavy atom. The van der Waals surface area contributed by atoms with E-state index in [2.05, 4.69) is 10.6 Å². The molecule has 0 bridgehead atoms. The van der Waals surface area contributed by atoms with Gasteiger partial charge in [-0.2, -0.15) is 0 Å². The second-order valence-corrected chi connectivity index (χ2v) is 6.86. The first-order chi connectivity index (χ1) is 9.76. The maximum absolute atomic E-state index is 12.1. The number of nitrogens with one attached hydrogen (secondary N) is 2. The van der Waals surface area contributed by atoms with Gasteiger partial charge in [-0.15, -0.1) is 0 Å². The van der Waals surface area contributed by atoms with Crippen molar-refractivity contribution < 1.29 is 9.53 Å². The second-order valence-electron chi connectivity index (χ2n) is 6.86. The van der Waals surface area contributed by atoms with Crippen LogP contribution in [0.1, 0.15) is 64.2 Å².